The van der Waals surface area contributed by atoms with Gasteiger partial charge >= 0.3 is 12.0 Å². The Bertz CT molecular complexity index is 943. The summed E-state index contributed by atoms with van der Waals surface area (Å²) in [5.41, 5.74) is 1.45. The van der Waals surface area contributed by atoms with E-state index in [-0.39, 0.29) is 11.7 Å². The fourth-order valence-corrected chi connectivity index (χ4v) is 2.69. The van der Waals surface area contributed by atoms with Crippen LogP contribution in [0.25, 0.3) is 0 Å². The Hall–Kier alpha value is -3.68. The number of anilines is 2. The Morgan fingerprint density at radius 3 is 2.10 bits per heavy atom. The molecule has 8 nitrogen and oxygen atoms in total. The predicted octanol–water partition coefficient (Wildman–Crippen LogP) is 3.61. The maximum Gasteiger partial charge on any atom is 0.329 e. The van der Waals surface area contributed by atoms with Gasteiger partial charge in [0.15, 0.2) is 11.9 Å². The van der Waals surface area contributed by atoms with Gasteiger partial charge < -0.3 is 20.7 Å². The van der Waals surface area contributed by atoms with E-state index in [4.69, 9.17) is 4.74 Å². The molecule has 0 saturated carbocycles. The van der Waals surface area contributed by atoms with Crippen molar-refractivity contribution in [1.82, 2.24) is 5.32 Å². The number of esters is 1. The number of hydrogen-bond donors (Lipinski definition) is 3. The molecule has 3 amide bonds. The molecular weight excluding hydrogens is 398 g/mol. The molecule has 0 saturated heterocycles. The van der Waals surface area contributed by atoms with E-state index in [0.717, 1.165) is 0 Å². The molecule has 0 aliphatic carbocycles. The van der Waals surface area contributed by atoms with Crippen LogP contribution in [0.5, 0.6) is 0 Å². The van der Waals surface area contributed by atoms with Crippen LogP contribution in [0, 0.1) is 5.92 Å². The van der Waals surface area contributed by atoms with Gasteiger partial charge in [0, 0.05) is 16.9 Å². The number of ketones is 1. The maximum absolute atomic E-state index is 12.6. The summed E-state index contributed by atoms with van der Waals surface area (Å²) >= 11 is 0. The minimum Gasteiger partial charge on any atom is -0.451 e. The largest absolute Gasteiger partial charge is 0.451 e. The Morgan fingerprint density at radius 2 is 1.48 bits per heavy atom. The van der Waals surface area contributed by atoms with Gasteiger partial charge in [-0.2, -0.15) is 0 Å². The first-order valence-corrected chi connectivity index (χ1v) is 9.92. The number of Topliss-reactive ketones (excluding diaryl/α,β-unsaturated/α-hetero) is 1. The zero-order chi connectivity index (χ0) is 23.0. The lowest BCUT2D eigenvalue weighted by Gasteiger charge is -2.23. The van der Waals surface area contributed by atoms with Crippen LogP contribution < -0.4 is 16.0 Å². The number of amides is 3. The van der Waals surface area contributed by atoms with Gasteiger partial charge in [0.05, 0.1) is 0 Å². The fourth-order valence-electron chi connectivity index (χ4n) is 2.69. The SMILES string of the molecule is CC(=O)c1cccc(NC(=O)[C@@H](C)OC(=O)[C@@H](NC(=O)Nc2ccccc2)C(C)C)c1. The number of para-hydroxylation sites is 1. The second kappa shape index (κ2) is 10.9. The monoisotopic (exact) mass is 425 g/mol. The molecular formula is C23H27N3O5. The number of ether oxygens (including phenoxy) is 1. The number of urea groups is 1. The Kier molecular flexibility index (Phi) is 8.31. The van der Waals surface area contributed by atoms with E-state index in [9.17, 15) is 19.2 Å². The van der Waals surface area contributed by atoms with Crippen molar-refractivity contribution in [3.8, 4) is 0 Å². The van der Waals surface area contributed by atoms with Crippen LogP contribution >= 0.6 is 0 Å². The summed E-state index contributed by atoms with van der Waals surface area (Å²) in [5.74, 6) is -1.67. The molecule has 8 heteroatoms. The van der Waals surface area contributed by atoms with E-state index in [1.807, 2.05) is 6.07 Å². The van der Waals surface area contributed by atoms with E-state index in [1.54, 1.807) is 62.4 Å². The van der Waals surface area contributed by atoms with Crippen LogP contribution in [-0.4, -0.2) is 35.8 Å². The van der Waals surface area contributed by atoms with Crippen molar-refractivity contribution in [3.05, 3.63) is 60.2 Å². The highest BCUT2D eigenvalue weighted by Gasteiger charge is 2.29. The van der Waals surface area contributed by atoms with Gasteiger partial charge in [0.25, 0.3) is 5.91 Å². The summed E-state index contributed by atoms with van der Waals surface area (Å²) in [6.45, 7) is 6.38. The van der Waals surface area contributed by atoms with Crippen LogP contribution in [0.4, 0.5) is 16.2 Å². The number of benzene rings is 2. The molecule has 0 spiro atoms. The normalized spacial score (nSPS) is 12.4. The highest BCUT2D eigenvalue weighted by Crippen LogP contribution is 2.13. The van der Waals surface area contributed by atoms with Crippen molar-refractivity contribution in [2.24, 2.45) is 5.92 Å². The molecule has 0 aliphatic heterocycles. The average Bonchev–Trinajstić information content (AvgIpc) is 2.72. The lowest BCUT2D eigenvalue weighted by molar-refractivity contribution is -0.156. The molecule has 0 bridgehead atoms. The fraction of sp³-hybridized carbons (Fsp3) is 0.304. The second-order valence-electron chi connectivity index (χ2n) is 7.39. The van der Waals surface area contributed by atoms with Crippen molar-refractivity contribution in [1.29, 1.82) is 0 Å². The first-order valence-electron chi connectivity index (χ1n) is 9.92. The molecule has 2 aromatic rings. The lowest BCUT2D eigenvalue weighted by Crippen LogP contribution is -2.48. The molecule has 3 N–H and O–H groups in total. The smallest absolute Gasteiger partial charge is 0.329 e. The quantitative estimate of drug-likeness (QED) is 0.442. The van der Waals surface area contributed by atoms with E-state index >= 15 is 0 Å². The second-order valence-corrected chi connectivity index (χ2v) is 7.39. The molecule has 2 rings (SSSR count). The zero-order valence-electron chi connectivity index (χ0n) is 18.0. The maximum atomic E-state index is 12.6. The van der Waals surface area contributed by atoms with Crippen LogP contribution in [-0.2, 0) is 14.3 Å². The van der Waals surface area contributed by atoms with E-state index in [1.165, 1.54) is 13.8 Å². The van der Waals surface area contributed by atoms with Crippen LogP contribution in [0.1, 0.15) is 38.1 Å². The number of carbonyl (C=O) groups excluding carboxylic acids is 4. The Labute approximate surface area is 181 Å². The molecule has 0 aromatic heterocycles. The summed E-state index contributed by atoms with van der Waals surface area (Å²) in [4.78, 5) is 48.7. The Balaban J connectivity index is 1.96. The van der Waals surface area contributed by atoms with Gasteiger partial charge in [0.1, 0.15) is 6.04 Å². The summed E-state index contributed by atoms with van der Waals surface area (Å²) < 4.78 is 5.28. The summed E-state index contributed by atoms with van der Waals surface area (Å²) in [6.07, 6.45) is -1.10. The molecule has 0 fully saturated rings. The summed E-state index contributed by atoms with van der Waals surface area (Å²) in [6, 6.07) is 13.8. The summed E-state index contributed by atoms with van der Waals surface area (Å²) in [5, 5.41) is 7.84. The van der Waals surface area contributed by atoms with Crippen molar-refractivity contribution >= 4 is 35.1 Å². The van der Waals surface area contributed by atoms with E-state index < -0.39 is 30.1 Å². The molecule has 164 valence electrons. The highest BCUT2D eigenvalue weighted by atomic mass is 16.5. The molecule has 0 radical (unpaired) electrons. The van der Waals surface area contributed by atoms with Crippen LogP contribution in [0.3, 0.4) is 0 Å². The van der Waals surface area contributed by atoms with Gasteiger partial charge in [-0.05, 0) is 44.0 Å². The molecule has 0 unspecified atom stereocenters. The third kappa shape index (κ3) is 7.26. The van der Waals surface area contributed by atoms with Crippen molar-refractivity contribution in [3.63, 3.8) is 0 Å². The molecule has 2 atom stereocenters. The third-order valence-electron chi connectivity index (χ3n) is 4.44. The van der Waals surface area contributed by atoms with Gasteiger partial charge in [-0.15, -0.1) is 0 Å². The number of hydrogen-bond acceptors (Lipinski definition) is 5. The number of carbonyl (C=O) groups is 4. The minimum absolute atomic E-state index is 0.129. The first-order chi connectivity index (χ1) is 14.7. The van der Waals surface area contributed by atoms with Gasteiger partial charge in [-0.1, -0.05) is 44.2 Å². The van der Waals surface area contributed by atoms with Crippen molar-refractivity contribution in [2.75, 3.05) is 10.6 Å². The van der Waals surface area contributed by atoms with Gasteiger partial charge in [-0.25, -0.2) is 9.59 Å². The highest BCUT2D eigenvalue weighted by molar-refractivity contribution is 5.99. The standard InChI is InChI=1S/C23H27N3O5/c1-14(2)20(26-23(30)25-18-10-6-5-7-11-18)22(29)31-16(4)21(28)24-19-12-8-9-17(13-19)15(3)27/h5-14,16,20H,1-4H3,(H,24,28)(H2,25,26,30)/t16-,20+/m1/s1. The first kappa shape index (κ1) is 23.6. The van der Waals surface area contributed by atoms with Gasteiger partial charge in [-0.3, -0.25) is 9.59 Å². The number of rotatable bonds is 8. The third-order valence-corrected chi connectivity index (χ3v) is 4.44. The zero-order valence-corrected chi connectivity index (χ0v) is 18.0. The van der Waals surface area contributed by atoms with E-state index in [2.05, 4.69) is 16.0 Å². The summed E-state index contributed by atoms with van der Waals surface area (Å²) in [7, 11) is 0. The lowest BCUT2D eigenvalue weighted by atomic mass is 10.0. The van der Waals surface area contributed by atoms with Crippen molar-refractivity contribution in [2.45, 2.75) is 39.8 Å². The van der Waals surface area contributed by atoms with Gasteiger partial charge in [0.2, 0.25) is 0 Å². The van der Waals surface area contributed by atoms with Crippen LogP contribution in [0.2, 0.25) is 0 Å². The van der Waals surface area contributed by atoms with E-state index in [0.29, 0.717) is 16.9 Å². The molecule has 2 aromatic carbocycles. The number of nitrogens with one attached hydrogen (secondary N) is 3. The predicted molar refractivity (Wildman–Crippen MR) is 118 cm³/mol. The average molecular weight is 425 g/mol. The Morgan fingerprint density at radius 1 is 0.839 bits per heavy atom. The van der Waals surface area contributed by atoms with Crippen molar-refractivity contribution < 1.29 is 23.9 Å². The molecule has 0 aliphatic rings. The molecule has 0 heterocycles. The van der Waals surface area contributed by atoms with Crippen LogP contribution in [0.15, 0.2) is 54.6 Å². The minimum atomic E-state index is -1.10. The topological polar surface area (TPSA) is 114 Å². The molecule has 31 heavy (non-hydrogen) atoms.